The van der Waals surface area contributed by atoms with Gasteiger partial charge in [0.2, 0.25) is 5.91 Å². The molecule has 2 fully saturated rings. The fourth-order valence-electron chi connectivity index (χ4n) is 1.72. The minimum Gasteiger partial charge on any atom is -0.456 e. The summed E-state index contributed by atoms with van der Waals surface area (Å²) < 4.78 is 30.3. The molecule has 0 aromatic heterocycles. The molecule has 1 aliphatic carbocycles. The quantitative estimate of drug-likeness (QED) is 0.694. The molecule has 0 radical (unpaired) electrons. The summed E-state index contributed by atoms with van der Waals surface area (Å²) in [6, 6.07) is -0.228. The Morgan fingerprint density at radius 3 is 2.72 bits per heavy atom. The topological polar surface area (TPSA) is 67.4 Å². The van der Waals surface area contributed by atoms with E-state index in [1.54, 1.807) is 6.92 Å². The Kier molecular flexibility index (Phi) is 3.52. The first-order valence-electron chi connectivity index (χ1n) is 6.01. The predicted octanol–water partition coefficient (Wildman–Crippen LogP) is 0.194. The number of hydrogen-bond donors (Lipinski definition) is 2. The molecule has 18 heavy (non-hydrogen) atoms. The molecule has 5 nitrogen and oxygen atoms in total. The lowest BCUT2D eigenvalue weighted by Crippen LogP contribution is -2.45. The van der Waals surface area contributed by atoms with E-state index in [1.807, 2.05) is 0 Å². The number of carbonyl (C=O) groups is 2. The van der Waals surface area contributed by atoms with Gasteiger partial charge in [0.05, 0.1) is 12.5 Å². The lowest BCUT2D eigenvalue weighted by Gasteiger charge is -2.16. The molecule has 0 bridgehead atoms. The van der Waals surface area contributed by atoms with Crippen molar-refractivity contribution in [3.05, 3.63) is 0 Å². The van der Waals surface area contributed by atoms with Crippen molar-refractivity contribution in [3.63, 3.8) is 0 Å². The molecule has 0 spiro atoms. The molecule has 2 unspecified atom stereocenters. The van der Waals surface area contributed by atoms with E-state index in [1.165, 1.54) is 0 Å². The van der Waals surface area contributed by atoms with Crippen LogP contribution >= 0.6 is 0 Å². The standard InChI is InChI=1S/C11H16F2N2O3/c1-6(9(16)15-7-2-3-7)14-5-8-4-11(12,13)10(17)18-8/h6-8,14H,2-5H2,1H3,(H,15,16). The van der Waals surface area contributed by atoms with Crippen LogP contribution in [0.1, 0.15) is 26.2 Å². The van der Waals surface area contributed by atoms with Crippen molar-refractivity contribution in [2.45, 2.75) is 50.3 Å². The number of halogens is 2. The second-order valence-corrected chi connectivity index (χ2v) is 4.85. The van der Waals surface area contributed by atoms with E-state index in [4.69, 9.17) is 0 Å². The van der Waals surface area contributed by atoms with Crippen molar-refractivity contribution in [3.8, 4) is 0 Å². The van der Waals surface area contributed by atoms with E-state index >= 15 is 0 Å². The van der Waals surface area contributed by atoms with Crippen LogP contribution in [-0.2, 0) is 14.3 Å². The zero-order valence-corrected chi connectivity index (χ0v) is 10.0. The van der Waals surface area contributed by atoms with Crippen LogP contribution in [0.3, 0.4) is 0 Å². The van der Waals surface area contributed by atoms with E-state index < -0.39 is 30.5 Å². The minimum atomic E-state index is -3.40. The zero-order chi connectivity index (χ0) is 13.3. The van der Waals surface area contributed by atoms with Crippen LogP contribution in [-0.4, -0.2) is 42.5 Å². The molecule has 1 heterocycles. The maximum absolute atomic E-state index is 12.9. The number of ether oxygens (including phenoxy) is 1. The van der Waals surface area contributed by atoms with Crippen molar-refractivity contribution in [1.29, 1.82) is 0 Å². The van der Waals surface area contributed by atoms with E-state index in [0.717, 1.165) is 12.8 Å². The van der Waals surface area contributed by atoms with E-state index in [0.29, 0.717) is 0 Å². The first-order chi connectivity index (χ1) is 8.38. The molecule has 1 aliphatic heterocycles. The third-order valence-electron chi connectivity index (χ3n) is 3.03. The summed E-state index contributed by atoms with van der Waals surface area (Å²) in [5.41, 5.74) is 0. The van der Waals surface area contributed by atoms with Crippen molar-refractivity contribution in [1.82, 2.24) is 10.6 Å². The van der Waals surface area contributed by atoms with Crippen molar-refractivity contribution < 1.29 is 23.1 Å². The summed E-state index contributed by atoms with van der Waals surface area (Å²) >= 11 is 0. The molecule has 102 valence electrons. The third-order valence-corrected chi connectivity index (χ3v) is 3.03. The number of carbonyl (C=O) groups excluding carboxylic acids is 2. The first-order valence-corrected chi connectivity index (χ1v) is 6.01. The number of amides is 1. The van der Waals surface area contributed by atoms with Gasteiger partial charge in [-0.3, -0.25) is 4.79 Å². The maximum atomic E-state index is 12.9. The van der Waals surface area contributed by atoms with Gasteiger partial charge < -0.3 is 15.4 Å². The van der Waals surface area contributed by atoms with Gasteiger partial charge in [-0.2, -0.15) is 8.78 Å². The van der Waals surface area contributed by atoms with Gasteiger partial charge in [0.25, 0.3) is 0 Å². The van der Waals surface area contributed by atoms with Crippen molar-refractivity contribution in [2.75, 3.05) is 6.54 Å². The predicted molar refractivity (Wildman–Crippen MR) is 58.1 cm³/mol. The first kappa shape index (κ1) is 13.2. The van der Waals surface area contributed by atoms with Gasteiger partial charge in [0, 0.05) is 12.6 Å². The van der Waals surface area contributed by atoms with Crippen LogP contribution in [0.25, 0.3) is 0 Å². The molecule has 0 aromatic carbocycles. The fraction of sp³-hybridized carbons (Fsp3) is 0.818. The Morgan fingerprint density at radius 1 is 1.56 bits per heavy atom. The largest absolute Gasteiger partial charge is 0.456 e. The normalized spacial score (nSPS) is 27.7. The summed E-state index contributed by atoms with van der Waals surface area (Å²) in [6.07, 6.45) is 0.481. The number of esters is 1. The molecule has 0 aromatic rings. The highest BCUT2D eigenvalue weighted by Crippen LogP contribution is 2.30. The molecule has 2 aliphatic rings. The highest BCUT2D eigenvalue weighted by atomic mass is 19.3. The Labute approximate surface area is 103 Å². The Morgan fingerprint density at radius 2 is 2.22 bits per heavy atom. The van der Waals surface area contributed by atoms with Gasteiger partial charge in [-0.25, -0.2) is 4.79 Å². The molecule has 2 atom stereocenters. The van der Waals surface area contributed by atoms with Gasteiger partial charge in [-0.05, 0) is 19.8 Å². The zero-order valence-electron chi connectivity index (χ0n) is 10.0. The lowest BCUT2D eigenvalue weighted by molar-refractivity contribution is -0.159. The highest BCUT2D eigenvalue weighted by Gasteiger charge is 2.50. The summed E-state index contributed by atoms with van der Waals surface area (Å²) in [5.74, 6) is -5.04. The van der Waals surface area contributed by atoms with E-state index in [-0.39, 0.29) is 18.5 Å². The molecule has 1 saturated heterocycles. The maximum Gasteiger partial charge on any atom is 0.377 e. The molecule has 7 heteroatoms. The molecule has 1 amide bonds. The van der Waals surface area contributed by atoms with Gasteiger partial charge in [-0.15, -0.1) is 0 Å². The van der Waals surface area contributed by atoms with Gasteiger partial charge in [0.15, 0.2) is 0 Å². The number of cyclic esters (lactones) is 1. The second-order valence-electron chi connectivity index (χ2n) is 4.85. The number of alkyl halides is 2. The average molecular weight is 262 g/mol. The molecular formula is C11H16F2N2O3. The van der Waals surface area contributed by atoms with Crippen LogP contribution in [0, 0.1) is 0 Å². The summed E-state index contributed by atoms with van der Waals surface area (Å²) in [4.78, 5) is 22.3. The number of nitrogens with one attached hydrogen (secondary N) is 2. The second kappa shape index (κ2) is 4.79. The van der Waals surface area contributed by atoms with Crippen LogP contribution in [0.5, 0.6) is 0 Å². The van der Waals surface area contributed by atoms with E-state index in [2.05, 4.69) is 15.4 Å². The smallest absolute Gasteiger partial charge is 0.377 e. The summed E-state index contributed by atoms with van der Waals surface area (Å²) in [5, 5.41) is 5.59. The third kappa shape index (κ3) is 3.16. The monoisotopic (exact) mass is 262 g/mol. The lowest BCUT2D eigenvalue weighted by atomic mass is 10.2. The fourth-order valence-corrected chi connectivity index (χ4v) is 1.72. The SMILES string of the molecule is CC(NCC1CC(F)(F)C(=O)O1)C(=O)NC1CC1. The van der Waals surface area contributed by atoms with Crippen LogP contribution in [0.2, 0.25) is 0 Å². The average Bonchev–Trinajstić information content (AvgIpc) is 3.04. The molecule has 2 rings (SSSR count). The highest BCUT2D eigenvalue weighted by molar-refractivity contribution is 5.82. The molecule has 1 saturated carbocycles. The van der Waals surface area contributed by atoms with Crippen LogP contribution in [0.15, 0.2) is 0 Å². The van der Waals surface area contributed by atoms with Crippen molar-refractivity contribution in [2.24, 2.45) is 0 Å². The number of rotatable bonds is 5. The Bertz CT molecular complexity index is 358. The number of hydrogen-bond acceptors (Lipinski definition) is 4. The van der Waals surface area contributed by atoms with Crippen LogP contribution in [0.4, 0.5) is 8.78 Å². The van der Waals surface area contributed by atoms with E-state index in [9.17, 15) is 18.4 Å². The molecular weight excluding hydrogens is 246 g/mol. The summed E-state index contributed by atoms with van der Waals surface area (Å²) in [7, 11) is 0. The Hall–Kier alpha value is -1.24. The Balaban J connectivity index is 1.71. The molecule has 2 N–H and O–H groups in total. The van der Waals surface area contributed by atoms with Gasteiger partial charge in [-0.1, -0.05) is 0 Å². The van der Waals surface area contributed by atoms with Crippen LogP contribution < -0.4 is 10.6 Å². The van der Waals surface area contributed by atoms with Gasteiger partial charge in [0.1, 0.15) is 6.10 Å². The van der Waals surface area contributed by atoms with Crippen molar-refractivity contribution >= 4 is 11.9 Å². The minimum absolute atomic E-state index is 0.0561. The van der Waals surface area contributed by atoms with Gasteiger partial charge >= 0.3 is 11.9 Å². The summed E-state index contributed by atoms with van der Waals surface area (Å²) in [6.45, 7) is 1.70.